The first-order valence-electron chi connectivity index (χ1n) is 6.38. The second kappa shape index (κ2) is 6.46. The van der Waals surface area contributed by atoms with E-state index < -0.39 is 11.6 Å². The molecule has 0 saturated heterocycles. The van der Waals surface area contributed by atoms with Crippen LogP contribution in [0.1, 0.15) is 22.7 Å². The molecule has 1 N–H and O–H groups in total. The van der Waals surface area contributed by atoms with E-state index in [4.69, 9.17) is 0 Å². The van der Waals surface area contributed by atoms with Crippen LogP contribution in [0.5, 0.6) is 0 Å². The molecule has 0 saturated carbocycles. The Morgan fingerprint density at radius 2 is 1.90 bits per heavy atom. The van der Waals surface area contributed by atoms with E-state index in [9.17, 15) is 8.78 Å². The highest BCUT2D eigenvalue weighted by Gasteiger charge is 2.14. The van der Waals surface area contributed by atoms with Gasteiger partial charge in [0, 0.05) is 16.6 Å². The number of nitrogens with one attached hydrogen (secondary N) is 1. The Kier molecular flexibility index (Phi) is 4.89. The number of hydrogen-bond donors (Lipinski definition) is 1. The Hall–Kier alpha value is -1.26. The molecule has 0 aliphatic rings. The fraction of sp³-hybridized carbons (Fsp3) is 0.250. The predicted octanol–water partition coefficient (Wildman–Crippen LogP) is 4.54. The lowest BCUT2D eigenvalue weighted by atomic mass is 9.97. The van der Waals surface area contributed by atoms with Crippen molar-refractivity contribution < 1.29 is 8.78 Å². The molecule has 20 heavy (non-hydrogen) atoms. The summed E-state index contributed by atoms with van der Waals surface area (Å²) in [6.07, 6.45) is 0.471. The van der Waals surface area contributed by atoms with Gasteiger partial charge in [-0.15, -0.1) is 0 Å². The highest BCUT2D eigenvalue weighted by molar-refractivity contribution is 9.10. The summed E-state index contributed by atoms with van der Waals surface area (Å²) in [6, 6.07) is 9.79. The van der Waals surface area contributed by atoms with Crippen molar-refractivity contribution in [3.8, 4) is 0 Å². The average Bonchev–Trinajstić information content (AvgIpc) is 2.36. The molecule has 1 atom stereocenters. The highest BCUT2D eigenvalue weighted by Crippen LogP contribution is 2.24. The molecule has 1 nitrogen and oxygen atoms in total. The van der Waals surface area contributed by atoms with Crippen molar-refractivity contribution in [3.05, 3.63) is 69.2 Å². The molecular formula is C16H16BrF2N. The van der Waals surface area contributed by atoms with Crippen LogP contribution in [0, 0.1) is 18.6 Å². The molecule has 0 bridgehead atoms. The van der Waals surface area contributed by atoms with Crippen LogP contribution in [0.3, 0.4) is 0 Å². The lowest BCUT2D eigenvalue weighted by Gasteiger charge is -2.18. The SMILES string of the molecule is CNC(Cc1ccc(F)cc1F)c1cc(C)cc(Br)c1. The molecule has 0 aliphatic heterocycles. The normalized spacial score (nSPS) is 12.4. The van der Waals surface area contributed by atoms with Gasteiger partial charge < -0.3 is 5.32 Å². The van der Waals surface area contributed by atoms with Crippen molar-refractivity contribution in [1.29, 1.82) is 0 Å². The molecule has 0 amide bonds. The zero-order valence-corrected chi connectivity index (χ0v) is 13.0. The maximum Gasteiger partial charge on any atom is 0.129 e. The van der Waals surface area contributed by atoms with E-state index in [2.05, 4.69) is 27.3 Å². The number of benzene rings is 2. The van der Waals surface area contributed by atoms with Gasteiger partial charge in [0.2, 0.25) is 0 Å². The zero-order chi connectivity index (χ0) is 14.7. The van der Waals surface area contributed by atoms with Crippen molar-refractivity contribution in [2.75, 3.05) is 7.05 Å². The van der Waals surface area contributed by atoms with Crippen molar-refractivity contribution in [1.82, 2.24) is 5.32 Å². The number of hydrogen-bond acceptors (Lipinski definition) is 1. The minimum absolute atomic E-state index is 0.0221. The summed E-state index contributed by atoms with van der Waals surface area (Å²) in [7, 11) is 1.84. The van der Waals surface area contributed by atoms with Gasteiger partial charge >= 0.3 is 0 Å². The summed E-state index contributed by atoms with van der Waals surface area (Å²) in [5, 5.41) is 3.18. The van der Waals surface area contributed by atoms with Crippen molar-refractivity contribution in [2.24, 2.45) is 0 Å². The predicted molar refractivity (Wildman–Crippen MR) is 80.7 cm³/mol. The van der Waals surface area contributed by atoms with Crippen LogP contribution >= 0.6 is 15.9 Å². The number of aryl methyl sites for hydroxylation is 1. The molecule has 2 rings (SSSR count). The Morgan fingerprint density at radius 1 is 1.15 bits per heavy atom. The molecule has 0 fully saturated rings. The monoisotopic (exact) mass is 339 g/mol. The van der Waals surface area contributed by atoms with Crippen LogP contribution in [0.15, 0.2) is 40.9 Å². The van der Waals surface area contributed by atoms with Gasteiger partial charge in [-0.3, -0.25) is 0 Å². The van der Waals surface area contributed by atoms with Gasteiger partial charge in [0.25, 0.3) is 0 Å². The molecule has 4 heteroatoms. The molecule has 106 valence electrons. The van der Waals surface area contributed by atoms with Crippen molar-refractivity contribution in [2.45, 2.75) is 19.4 Å². The lowest BCUT2D eigenvalue weighted by Crippen LogP contribution is -2.19. The van der Waals surface area contributed by atoms with Crippen LogP contribution in [0.25, 0.3) is 0 Å². The Bertz CT molecular complexity index is 593. The first-order valence-corrected chi connectivity index (χ1v) is 7.17. The number of likely N-dealkylation sites (N-methyl/N-ethyl adjacent to an activating group) is 1. The van der Waals surface area contributed by atoms with Crippen LogP contribution in [-0.2, 0) is 6.42 Å². The lowest BCUT2D eigenvalue weighted by molar-refractivity contribution is 0.540. The van der Waals surface area contributed by atoms with E-state index in [0.717, 1.165) is 21.7 Å². The molecular weight excluding hydrogens is 324 g/mol. The molecule has 0 heterocycles. The van der Waals surface area contributed by atoms with Crippen LogP contribution in [0.2, 0.25) is 0 Å². The third-order valence-electron chi connectivity index (χ3n) is 3.25. The summed E-state index contributed by atoms with van der Waals surface area (Å²) >= 11 is 3.47. The van der Waals surface area contributed by atoms with Gasteiger partial charge in [-0.05, 0) is 55.3 Å². The van der Waals surface area contributed by atoms with Crippen molar-refractivity contribution in [3.63, 3.8) is 0 Å². The van der Waals surface area contributed by atoms with Gasteiger partial charge in [0.1, 0.15) is 11.6 Å². The third-order valence-corrected chi connectivity index (χ3v) is 3.71. The second-order valence-electron chi connectivity index (χ2n) is 4.84. The standard InChI is InChI=1S/C16H16BrF2N/c1-10-5-12(7-13(17)6-10)16(20-2)8-11-3-4-14(18)9-15(11)19/h3-7,9,16,20H,8H2,1-2H3. The fourth-order valence-electron chi connectivity index (χ4n) is 2.26. The Morgan fingerprint density at radius 3 is 2.50 bits per heavy atom. The first kappa shape index (κ1) is 15.1. The minimum Gasteiger partial charge on any atom is -0.313 e. The maximum absolute atomic E-state index is 13.7. The van der Waals surface area contributed by atoms with Crippen LogP contribution in [0.4, 0.5) is 8.78 Å². The fourth-order valence-corrected chi connectivity index (χ4v) is 2.88. The smallest absolute Gasteiger partial charge is 0.129 e. The maximum atomic E-state index is 13.7. The molecule has 2 aromatic rings. The van der Waals surface area contributed by atoms with Crippen LogP contribution in [-0.4, -0.2) is 7.05 Å². The molecule has 0 radical (unpaired) electrons. The molecule has 0 aromatic heterocycles. The van der Waals surface area contributed by atoms with Crippen molar-refractivity contribution >= 4 is 15.9 Å². The summed E-state index contributed by atoms with van der Waals surface area (Å²) in [5.74, 6) is -1.05. The van der Waals surface area contributed by atoms with Gasteiger partial charge in [-0.2, -0.15) is 0 Å². The van der Waals surface area contributed by atoms with Gasteiger partial charge in [0.05, 0.1) is 0 Å². The van der Waals surface area contributed by atoms with E-state index >= 15 is 0 Å². The van der Waals surface area contributed by atoms with Gasteiger partial charge in [0.15, 0.2) is 0 Å². The van der Waals surface area contributed by atoms with E-state index in [0.29, 0.717) is 12.0 Å². The molecule has 0 aliphatic carbocycles. The van der Waals surface area contributed by atoms with E-state index in [1.54, 1.807) is 0 Å². The average molecular weight is 340 g/mol. The molecule has 1 unspecified atom stereocenters. The number of halogens is 3. The highest BCUT2D eigenvalue weighted by atomic mass is 79.9. The molecule has 2 aromatic carbocycles. The quantitative estimate of drug-likeness (QED) is 0.862. The van der Waals surface area contributed by atoms with E-state index in [1.807, 2.05) is 26.1 Å². The number of rotatable bonds is 4. The van der Waals surface area contributed by atoms with Gasteiger partial charge in [-0.25, -0.2) is 8.78 Å². The first-order chi connectivity index (χ1) is 9.49. The summed E-state index contributed by atoms with van der Waals surface area (Å²) in [5.41, 5.74) is 2.71. The largest absolute Gasteiger partial charge is 0.313 e. The van der Waals surface area contributed by atoms with E-state index in [-0.39, 0.29) is 6.04 Å². The Balaban J connectivity index is 2.28. The van der Waals surface area contributed by atoms with Crippen LogP contribution < -0.4 is 5.32 Å². The molecule has 0 spiro atoms. The summed E-state index contributed by atoms with van der Waals surface area (Å²) < 4.78 is 27.7. The van der Waals surface area contributed by atoms with E-state index in [1.165, 1.54) is 12.1 Å². The summed E-state index contributed by atoms with van der Waals surface area (Å²) in [6.45, 7) is 2.01. The topological polar surface area (TPSA) is 12.0 Å². The third kappa shape index (κ3) is 3.64. The summed E-state index contributed by atoms with van der Waals surface area (Å²) in [4.78, 5) is 0. The Labute approximate surface area is 126 Å². The minimum atomic E-state index is -0.550. The second-order valence-corrected chi connectivity index (χ2v) is 5.76. The zero-order valence-electron chi connectivity index (χ0n) is 11.4. The van der Waals surface area contributed by atoms with Gasteiger partial charge in [-0.1, -0.05) is 28.1 Å².